The molecule has 4 nitrogen and oxygen atoms in total. The smallest absolute Gasteiger partial charge is 0.130 e. The Morgan fingerprint density at radius 2 is 1.94 bits per heavy atom. The zero-order chi connectivity index (χ0) is 12.9. The minimum Gasteiger partial charge on any atom is -0.491 e. The first-order chi connectivity index (χ1) is 7.99. The van der Waals surface area contributed by atoms with Gasteiger partial charge in [-0.05, 0) is 31.5 Å². The molecule has 0 aliphatic rings. The molecule has 0 aliphatic heterocycles. The Bertz CT molecular complexity index is 351. The molecule has 0 radical (unpaired) electrons. The molecule has 94 valence electrons. The van der Waals surface area contributed by atoms with Crippen molar-refractivity contribution in [1.82, 2.24) is 0 Å². The van der Waals surface area contributed by atoms with Gasteiger partial charge in [0.05, 0.1) is 18.1 Å². The highest BCUT2D eigenvalue weighted by atomic mass is 16.5. The summed E-state index contributed by atoms with van der Waals surface area (Å²) in [5.41, 5.74) is -0.348. The van der Waals surface area contributed by atoms with Crippen molar-refractivity contribution in [2.75, 3.05) is 13.2 Å². The van der Waals surface area contributed by atoms with E-state index in [1.807, 2.05) is 0 Å². The topological polar surface area (TPSA) is 66.8 Å². The summed E-state index contributed by atoms with van der Waals surface area (Å²) in [6.45, 7) is 3.40. The van der Waals surface area contributed by atoms with Crippen LogP contribution >= 0.6 is 0 Å². The van der Waals surface area contributed by atoms with Crippen molar-refractivity contribution in [3.8, 4) is 5.75 Å². The third-order valence-electron chi connectivity index (χ3n) is 2.50. The average Bonchev–Trinajstić information content (AvgIpc) is 2.27. The van der Waals surface area contributed by atoms with Crippen molar-refractivity contribution in [2.24, 2.45) is 0 Å². The Labute approximate surface area is 101 Å². The maximum atomic E-state index is 11.0. The second-order valence-electron chi connectivity index (χ2n) is 4.41. The molecule has 0 bridgehead atoms. The number of aldehydes is 1. The average molecular weight is 238 g/mol. The molecule has 17 heavy (non-hydrogen) atoms. The third kappa shape index (κ3) is 3.84. The summed E-state index contributed by atoms with van der Waals surface area (Å²) in [6, 6.07) is 6.91. The van der Waals surface area contributed by atoms with Crippen LogP contribution in [0.1, 0.15) is 25.3 Å². The van der Waals surface area contributed by atoms with E-state index in [0.717, 1.165) is 11.8 Å². The predicted octanol–water partition coefficient (Wildman–Crippen LogP) is 1.11. The number of aliphatic hydroxyl groups excluding tert-OH is 1. The Morgan fingerprint density at radius 1 is 1.35 bits per heavy atom. The Hall–Kier alpha value is -1.39. The first kappa shape index (κ1) is 13.7. The van der Waals surface area contributed by atoms with E-state index in [-0.39, 0.29) is 13.2 Å². The maximum absolute atomic E-state index is 11.0. The van der Waals surface area contributed by atoms with Crippen LogP contribution in [-0.4, -0.2) is 35.3 Å². The zero-order valence-electron chi connectivity index (χ0n) is 10.1. The molecule has 2 N–H and O–H groups in total. The predicted molar refractivity (Wildman–Crippen MR) is 64.1 cm³/mol. The summed E-state index contributed by atoms with van der Waals surface area (Å²) in [5.74, 6) is 0.0672. The van der Waals surface area contributed by atoms with Gasteiger partial charge in [0.15, 0.2) is 0 Å². The highest BCUT2D eigenvalue weighted by Crippen LogP contribution is 2.27. The van der Waals surface area contributed by atoms with Gasteiger partial charge in [0.25, 0.3) is 0 Å². The van der Waals surface area contributed by atoms with E-state index in [9.17, 15) is 9.90 Å². The van der Waals surface area contributed by atoms with E-state index < -0.39 is 11.5 Å². The summed E-state index contributed by atoms with van der Waals surface area (Å²) >= 11 is 0. The second kappa shape index (κ2) is 5.80. The highest BCUT2D eigenvalue weighted by Gasteiger charge is 2.27. The Balaban J connectivity index is 2.82. The van der Waals surface area contributed by atoms with E-state index in [4.69, 9.17) is 9.84 Å². The number of hydrogen-bond acceptors (Lipinski definition) is 4. The van der Waals surface area contributed by atoms with E-state index >= 15 is 0 Å². The lowest BCUT2D eigenvalue weighted by molar-refractivity contribution is -0.113. The summed E-state index contributed by atoms with van der Waals surface area (Å²) in [4.78, 5) is 11.0. The lowest BCUT2D eigenvalue weighted by Gasteiger charge is -2.24. The lowest BCUT2D eigenvalue weighted by atomic mass is 9.86. The second-order valence-corrected chi connectivity index (χ2v) is 4.41. The van der Waals surface area contributed by atoms with Crippen LogP contribution in [0.25, 0.3) is 0 Å². The zero-order valence-corrected chi connectivity index (χ0v) is 10.1. The van der Waals surface area contributed by atoms with Crippen LogP contribution in [0, 0.1) is 0 Å². The summed E-state index contributed by atoms with van der Waals surface area (Å²) in [7, 11) is 0. The van der Waals surface area contributed by atoms with Gasteiger partial charge in [-0.15, -0.1) is 0 Å². The van der Waals surface area contributed by atoms with Gasteiger partial charge in [0.2, 0.25) is 0 Å². The first-order valence-corrected chi connectivity index (χ1v) is 5.50. The number of rotatable bonds is 6. The molecular formula is C13H18O4. The fourth-order valence-electron chi connectivity index (χ4n) is 1.59. The number of hydrogen-bond donors (Lipinski definition) is 2. The summed E-state index contributed by atoms with van der Waals surface area (Å²) < 4.78 is 5.21. The molecule has 0 saturated heterocycles. The molecule has 0 aliphatic carbocycles. The van der Waals surface area contributed by atoms with E-state index in [2.05, 4.69) is 0 Å². The van der Waals surface area contributed by atoms with Gasteiger partial charge in [0, 0.05) is 0 Å². The molecule has 0 saturated carbocycles. The van der Waals surface area contributed by atoms with Gasteiger partial charge < -0.3 is 19.7 Å². The minimum absolute atomic E-state index is 0.0393. The molecule has 0 aromatic heterocycles. The molecule has 0 fully saturated rings. The highest BCUT2D eigenvalue weighted by molar-refractivity contribution is 5.64. The van der Waals surface area contributed by atoms with E-state index in [0.29, 0.717) is 5.75 Å². The largest absolute Gasteiger partial charge is 0.491 e. The molecule has 1 atom stereocenters. The van der Waals surface area contributed by atoms with Crippen molar-refractivity contribution < 1.29 is 19.7 Å². The van der Waals surface area contributed by atoms with Crippen molar-refractivity contribution >= 4 is 6.29 Å². The Kier molecular flexibility index (Phi) is 4.66. The third-order valence-corrected chi connectivity index (χ3v) is 2.50. The minimum atomic E-state index is -1.09. The number of aliphatic hydroxyl groups is 2. The molecule has 1 unspecified atom stereocenters. The fourth-order valence-corrected chi connectivity index (χ4v) is 1.59. The lowest BCUT2D eigenvalue weighted by Crippen LogP contribution is -2.29. The van der Waals surface area contributed by atoms with Crippen molar-refractivity contribution in [1.29, 1.82) is 0 Å². The molecule has 1 aromatic carbocycles. The van der Waals surface area contributed by atoms with Gasteiger partial charge in [-0.1, -0.05) is 12.1 Å². The number of carbonyl (C=O) groups is 1. The quantitative estimate of drug-likeness (QED) is 0.729. The van der Waals surface area contributed by atoms with Crippen molar-refractivity contribution in [3.63, 3.8) is 0 Å². The monoisotopic (exact) mass is 238 g/mol. The SMILES string of the molecule is CC(C)(O)C(C=O)c1ccc(OCCO)cc1. The summed E-state index contributed by atoms with van der Waals surface area (Å²) in [5, 5.41) is 18.5. The van der Waals surface area contributed by atoms with Gasteiger partial charge >= 0.3 is 0 Å². The summed E-state index contributed by atoms with van der Waals surface area (Å²) in [6.07, 6.45) is 0.740. The number of ether oxygens (including phenoxy) is 1. The number of carbonyl (C=O) groups excluding carboxylic acids is 1. The van der Waals surface area contributed by atoms with E-state index in [1.54, 1.807) is 38.1 Å². The molecule has 4 heteroatoms. The van der Waals surface area contributed by atoms with Crippen LogP contribution < -0.4 is 4.74 Å². The van der Waals surface area contributed by atoms with Crippen LogP contribution in [0.5, 0.6) is 5.75 Å². The molecular weight excluding hydrogens is 220 g/mol. The maximum Gasteiger partial charge on any atom is 0.130 e. The van der Waals surface area contributed by atoms with Gasteiger partial charge in [-0.3, -0.25) is 0 Å². The first-order valence-electron chi connectivity index (χ1n) is 5.50. The van der Waals surface area contributed by atoms with Gasteiger partial charge in [-0.2, -0.15) is 0 Å². The molecule has 0 amide bonds. The van der Waals surface area contributed by atoms with Crippen LogP contribution in [-0.2, 0) is 4.79 Å². The van der Waals surface area contributed by atoms with Crippen LogP contribution in [0.15, 0.2) is 24.3 Å². The fraction of sp³-hybridized carbons (Fsp3) is 0.462. The Morgan fingerprint density at radius 3 is 2.35 bits per heavy atom. The van der Waals surface area contributed by atoms with Crippen molar-refractivity contribution in [2.45, 2.75) is 25.4 Å². The van der Waals surface area contributed by atoms with Crippen LogP contribution in [0.2, 0.25) is 0 Å². The van der Waals surface area contributed by atoms with Crippen LogP contribution in [0.3, 0.4) is 0 Å². The van der Waals surface area contributed by atoms with E-state index in [1.165, 1.54) is 0 Å². The van der Waals surface area contributed by atoms with Crippen LogP contribution in [0.4, 0.5) is 0 Å². The van der Waals surface area contributed by atoms with Gasteiger partial charge in [-0.25, -0.2) is 0 Å². The molecule has 1 rings (SSSR count). The molecule has 0 heterocycles. The standard InChI is InChI=1S/C13H18O4/c1-13(2,16)12(9-15)10-3-5-11(6-4-10)17-8-7-14/h3-6,9,12,14,16H,7-8H2,1-2H3. The number of benzene rings is 1. The van der Waals surface area contributed by atoms with Crippen molar-refractivity contribution in [3.05, 3.63) is 29.8 Å². The van der Waals surface area contributed by atoms with Gasteiger partial charge in [0.1, 0.15) is 18.6 Å². The molecule has 0 spiro atoms. The normalized spacial score (nSPS) is 13.2. The molecule has 1 aromatic rings.